The molecule has 7 nitrogen and oxygen atoms in total. The second kappa shape index (κ2) is 6.73. The third-order valence-electron chi connectivity index (χ3n) is 5.74. The fraction of sp³-hybridized carbons (Fsp3) is 0.261. The number of hydrogen-bond acceptors (Lipinski definition) is 5. The van der Waals surface area contributed by atoms with Crippen molar-refractivity contribution >= 4 is 11.9 Å². The van der Waals surface area contributed by atoms with Crippen LogP contribution in [0.25, 0.3) is 11.5 Å². The van der Waals surface area contributed by atoms with Crippen LogP contribution in [0.1, 0.15) is 28.8 Å². The van der Waals surface area contributed by atoms with Crippen LogP contribution < -0.4 is 10.1 Å². The molecule has 1 saturated heterocycles. The van der Waals surface area contributed by atoms with E-state index in [0.717, 1.165) is 16.7 Å². The molecule has 5 rings (SSSR count). The Morgan fingerprint density at radius 2 is 2.00 bits per heavy atom. The lowest BCUT2D eigenvalue weighted by Gasteiger charge is -2.33. The molecule has 1 atom stereocenters. The Kier molecular flexibility index (Phi) is 4.13. The van der Waals surface area contributed by atoms with E-state index in [1.165, 1.54) is 11.2 Å². The second-order valence-electron chi connectivity index (χ2n) is 7.78. The number of nitrogens with zero attached hydrogens (tertiary/aromatic N) is 2. The van der Waals surface area contributed by atoms with Gasteiger partial charge in [0.2, 0.25) is 5.89 Å². The van der Waals surface area contributed by atoms with Gasteiger partial charge in [0.25, 0.3) is 5.91 Å². The van der Waals surface area contributed by atoms with Crippen LogP contribution in [-0.2, 0) is 16.9 Å². The molecule has 1 N–H and O–H groups in total. The van der Waals surface area contributed by atoms with E-state index in [1.807, 2.05) is 50.2 Å². The number of rotatable bonds is 3. The highest BCUT2D eigenvalue weighted by Gasteiger charge is 2.54. The number of aromatic nitrogens is 1. The number of ether oxygens (including phenoxy) is 1. The molecular weight excluding hydrogens is 382 g/mol. The van der Waals surface area contributed by atoms with Gasteiger partial charge in [0.1, 0.15) is 12.0 Å². The molecule has 0 saturated carbocycles. The average molecular weight is 403 g/mol. The number of aryl methyl sites for hydroxylation is 2. The van der Waals surface area contributed by atoms with E-state index in [0.29, 0.717) is 35.9 Å². The Hall–Kier alpha value is -3.61. The number of benzene rings is 2. The molecule has 0 bridgehead atoms. The molecule has 3 amide bonds. The molecule has 0 unspecified atom stereocenters. The normalized spacial score (nSPS) is 20.3. The minimum Gasteiger partial charge on any atom is -0.493 e. The van der Waals surface area contributed by atoms with Crippen LogP contribution in [0.2, 0.25) is 0 Å². The van der Waals surface area contributed by atoms with E-state index in [-0.39, 0.29) is 12.5 Å². The highest BCUT2D eigenvalue weighted by atomic mass is 16.5. The van der Waals surface area contributed by atoms with Crippen molar-refractivity contribution in [1.29, 1.82) is 0 Å². The molecule has 152 valence electrons. The summed E-state index contributed by atoms with van der Waals surface area (Å²) in [5.41, 5.74) is 3.21. The van der Waals surface area contributed by atoms with Crippen molar-refractivity contribution < 1.29 is 18.7 Å². The number of amides is 3. The minimum absolute atomic E-state index is 0.0455. The van der Waals surface area contributed by atoms with Crippen LogP contribution in [0.15, 0.2) is 53.1 Å². The topological polar surface area (TPSA) is 84.7 Å². The van der Waals surface area contributed by atoms with Gasteiger partial charge >= 0.3 is 6.03 Å². The van der Waals surface area contributed by atoms with Gasteiger partial charge in [-0.1, -0.05) is 35.9 Å². The Balaban J connectivity index is 1.43. The van der Waals surface area contributed by atoms with E-state index < -0.39 is 11.6 Å². The third kappa shape index (κ3) is 2.77. The third-order valence-corrected chi connectivity index (χ3v) is 5.74. The number of carbonyl (C=O) groups is 2. The number of carbonyl (C=O) groups excluding carboxylic acids is 2. The lowest BCUT2D eigenvalue weighted by molar-refractivity contribution is -0.133. The van der Waals surface area contributed by atoms with Crippen LogP contribution in [-0.4, -0.2) is 28.4 Å². The molecule has 1 aromatic heterocycles. The monoisotopic (exact) mass is 403 g/mol. The molecule has 0 aliphatic carbocycles. The van der Waals surface area contributed by atoms with Gasteiger partial charge in [0, 0.05) is 17.5 Å². The molecule has 1 spiro atoms. The van der Waals surface area contributed by atoms with Crippen molar-refractivity contribution in [3.63, 3.8) is 0 Å². The molecule has 3 aromatic rings. The number of para-hydroxylation sites is 1. The number of oxazole rings is 1. The first-order valence-electron chi connectivity index (χ1n) is 9.86. The van der Waals surface area contributed by atoms with E-state index in [2.05, 4.69) is 16.4 Å². The Bertz CT molecular complexity index is 1170. The quantitative estimate of drug-likeness (QED) is 0.674. The zero-order chi connectivity index (χ0) is 20.9. The summed E-state index contributed by atoms with van der Waals surface area (Å²) in [5.74, 6) is 0.804. The summed E-state index contributed by atoms with van der Waals surface area (Å²) in [7, 11) is 0. The number of nitrogens with one attached hydrogen (secondary N) is 1. The molecule has 0 radical (unpaired) electrons. The Morgan fingerprint density at radius 3 is 2.83 bits per heavy atom. The van der Waals surface area contributed by atoms with Gasteiger partial charge in [-0.3, -0.25) is 9.69 Å². The SMILES string of the molecule is Cc1ccc(-c2nc(CN3C(=O)N[C@@]4(CCOc5ccccc54)C3=O)co2)c(C)c1. The van der Waals surface area contributed by atoms with Gasteiger partial charge in [-0.05, 0) is 31.5 Å². The van der Waals surface area contributed by atoms with Crippen LogP contribution >= 0.6 is 0 Å². The van der Waals surface area contributed by atoms with E-state index in [4.69, 9.17) is 9.15 Å². The fourth-order valence-corrected chi connectivity index (χ4v) is 4.23. The minimum atomic E-state index is -1.09. The molecule has 2 aliphatic rings. The first-order chi connectivity index (χ1) is 14.5. The standard InChI is InChI=1S/C23H21N3O4/c1-14-7-8-17(15(2)11-14)20-24-16(13-30-20)12-26-21(27)23(25-22(26)28)9-10-29-19-6-4-3-5-18(19)23/h3-8,11,13H,9-10,12H2,1-2H3,(H,25,28)/t23-/m1/s1. The van der Waals surface area contributed by atoms with Crippen molar-refractivity contribution in [2.45, 2.75) is 32.4 Å². The summed E-state index contributed by atoms with van der Waals surface area (Å²) in [6.45, 7) is 4.43. The second-order valence-corrected chi connectivity index (χ2v) is 7.78. The summed E-state index contributed by atoms with van der Waals surface area (Å²) in [6.07, 6.45) is 1.88. The zero-order valence-corrected chi connectivity index (χ0v) is 16.8. The molecule has 3 heterocycles. The van der Waals surface area contributed by atoms with Crippen molar-refractivity contribution in [1.82, 2.24) is 15.2 Å². The van der Waals surface area contributed by atoms with Crippen LogP contribution in [0, 0.1) is 13.8 Å². The Labute approximate surface area is 173 Å². The van der Waals surface area contributed by atoms with Crippen molar-refractivity contribution in [3.05, 3.63) is 71.1 Å². The number of urea groups is 1. The van der Waals surface area contributed by atoms with Gasteiger partial charge in [0.05, 0.1) is 18.8 Å². The van der Waals surface area contributed by atoms with E-state index in [9.17, 15) is 9.59 Å². The predicted molar refractivity (Wildman–Crippen MR) is 109 cm³/mol. The highest BCUT2D eigenvalue weighted by Crippen LogP contribution is 2.41. The summed E-state index contributed by atoms with van der Waals surface area (Å²) < 4.78 is 11.3. The lowest BCUT2D eigenvalue weighted by atomic mass is 9.84. The van der Waals surface area contributed by atoms with Gasteiger partial charge < -0.3 is 14.5 Å². The number of hydrogen-bond donors (Lipinski definition) is 1. The summed E-state index contributed by atoms with van der Waals surface area (Å²) in [5, 5.41) is 2.90. The lowest BCUT2D eigenvalue weighted by Crippen LogP contribution is -2.47. The number of fused-ring (bicyclic) bond motifs is 2. The van der Waals surface area contributed by atoms with Crippen LogP contribution in [0.3, 0.4) is 0 Å². The fourth-order valence-electron chi connectivity index (χ4n) is 4.23. The van der Waals surface area contributed by atoms with Gasteiger partial charge in [0.15, 0.2) is 5.54 Å². The smallest absolute Gasteiger partial charge is 0.325 e. The summed E-state index contributed by atoms with van der Waals surface area (Å²) in [6, 6.07) is 12.9. The first kappa shape index (κ1) is 18.4. The predicted octanol–water partition coefficient (Wildman–Crippen LogP) is 3.69. The van der Waals surface area contributed by atoms with E-state index in [1.54, 1.807) is 0 Å². The maximum absolute atomic E-state index is 13.4. The molecular formula is C23H21N3O4. The summed E-state index contributed by atoms with van der Waals surface area (Å²) in [4.78, 5) is 31.8. The van der Waals surface area contributed by atoms with E-state index >= 15 is 0 Å². The molecule has 7 heteroatoms. The molecule has 2 aromatic carbocycles. The Morgan fingerprint density at radius 1 is 1.17 bits per heavy atom. The van der Waals surface area contributed by atoms with Crippen LogP contribution in [0.4, 0.5) is 4.79 Å². The molecule has 30 heavy (non-hydrogen) atoms. The molecule has 1 fully saturated rings. The van der Waals surface area contributed by atoms with Gasteiger partial charge in [-0.2, -0.15) is 0 Å². The highest BCUT2D eigenvalue weighted by molar-refractivity contribution is 6.07. The van der Waals surface area contributed by atoms with Gasteiger partial charge in [-0.15, -0.1) is 0 Å². The average Bonchev–Trinajstić information content (AvgIpc) is 3.28. The van der Waals surface area contributed by atoms with Crippen LogP contribution in [0.5, 0.6) is 5.75 Å². The maximum atomic E-state index is 13.4. The zero-order valence-electron chi connectivity index (χ0n) is 16.8. The molecule has 2 aliphatic heterocycles. The number of imide groups is 1. The largest absolute Gasteiger partial charge is 0.493 e. The van der Waals surface area contributed by atoms with Crippen molar-refractivity contribution in [2.24, 2.45) is 0 Å². The summed E-state index contributed by atoms with van der Waals surface area (Å²) >= 11 is 0. The van der Waals surface area contributed by atoms with Crippen molar-refractivity contribution in [3.8, 4) is 17.2 Å². The first-order valence-corrected chi connectivity index (χ1v) is 9.86. The maximum Gasteiger partial charge on any atom is 0.325 e. The van der Waals surface area contributed by atoms with Gasteiger partial charge in [-0.25, -0.2) is 9.78 Å². The van der Waals surface area contributed by atoms with Crippen molar-refractivity contribution in [2.75, 3.05) is 6.61 Å².